The van der Waals surface area contributed by atoms with Crippen LogP contribution in [0.5, 0.6) is 0 Å². The van der Waals surface area contributed by atoms with Crippen molar-refractivity contribution in [2.24, 2.45) is 7.05 Å². The Morgan fingerprint density at radius 1 is 1.11 bits per heavy atom. The van der Waals surface area contributed by atoms with Crippen molar-refractivity contribution in [2.75, 3.05) is 0 Å². The largest absolute Gasteiger partial charge is 0.453 e. The van der Waals surface area contributed by atoms with E-state index in [9.17, 15) is 22.8 Å². The Morgan fingerprint density at radius 2 is 1.81 bits per heavy atom. The van der Waals surface area contributed by atoms with Crippen LogP contribution in [-0.2, 0) is 13.2 Å². The summed E-state index contributed by atoms with van der Waals surface area (Å²) in [6.07, 6.45) is -3.96. The molecular formula is C19H11F3N2O3. The van der Waals surface area contributed by atoms with Crippen molar-refractivity contribution >= 4 is 28.3 Å². The first kappa shape index (κ1) is 17.0. The molecule has 0 bridgehead atoms. The average molecular weight is 372 g/mol. The number of hydrogen-bond donors (Lipinski definition) is 0. The van der Waals surface area contributed by atoms with E-state index in [0.29, 0.717) is 17.4 Å². The van der Waals surface area contributed by atoms with Crippen molar-refractivity contribution in [3.63, 3.8) is 0 Å². The normalized spacial score (nSPS) is 12.0. The zero-order valence-electron chi connectivity index (χ0n) is 13.9. The summed E-state index contributed by atoms with van der Waals surface area (Å²) in [6, 6.07) is 10.4. The maximum atomic E-state index is 13.2. The number of imidazole rings is 1. The quantitative estimate of drug-likeness (QED) is 0.495. The number of aldehydes is 1. The molecule has 0 spiro atoms. The van der Waals surface area contributed by atoms with Gasteiger partial charge >= 0.3 is 6.18 Å². The number of benzene rings is 2. The summed E-state index contributed by atoms with van der Waals surface area (Å²) in [7, 11) is 1.25. The summed E-state index contributed by atoms with van der Waals surface area (Å²) in [5.41, 5.74) is 0.719. The van der Waals surface area contributed by atoms with Crippen molar-refractivity contribution in [1.29, 1.82) is 0 Å². The number of aryl methyl sites for hydroxylation is 1. The van der Waals surface area contributed by atoms with Gasteiger partial charge < -0.3 is 8.98 Å². The van der Waals surface area contributed by atoms with Gasteiger partial charge in [0.1, 0.15) is 17.6 Å². The molecule has 0 fully saturated rings. The molecule has 0 atom stereocenters. The van der Waals surface area contributed by atoms with E-state index < -0.39 is 17.4 Å². The third-order valence-corrected chi connectivity index (χ3v) is 4.33. The van der Waals surface area contributed by atoms with Crippen LogP contribution in [0.1, 0.15) is 16.2 Å². The van der Waals surface area contributed by atoms with Crippen LogP contribution in [0.25, 0.3) is 33.3 Å². The highest BCUT2D eigenvalue weighted by molar-refractivity contribution is 6.01. The van der Waals surface area contributed by atoms with E-state index in [4.69, 9.17) is 4.42 Å². The molecule has 4 rings (SSSR count). The van der Waals surface area contributed by atoms with Crippen molar-refractivity contribution in [2.45, 2.75) is 6.18 Å². The predicted octanol–water partition coefficient (Wildman–Crippen LogP) is 4.18. The second kappa shape index (κ2) is 5.80. The molecule has 0 N–H and O–H groups in total. The highest BCUT2D eigenvalue weighted by Crippen LogP contribution is 2.33. The molecule has 0 aliphatic carbocycles. The van der Waals surface area contributed by atoms with E-state index in [2.05, 4.69) is 4.98 Å². The van der Waals surface area contributed by atoms with Gasteiger partial charge in [0.05, 0.1) is 10.9 Å². The van der Waals surface area contributed by atoms with E-state index in [1.807, 2.05) is 0 Å². The lowest BCUT2D eigenvalue weighted by Crippen LogP contribution is -2.12. The lowest BCUT2D eigenvalue weighted by molar-refractivity contribution is -0.146. The van der Waals surface area contributed by atoms with Gasteiger partial charge in [0.2, 0.25) is 5.82 Å². The average Bonchev–Trinajstić information content (AvgIpc) is 2.99. The van der Waals surface area contributed by atoms with E-state index in [-0.39, 0.29) is 27.8 Å². The maximum Gasteiger partial charge on any atom is 0.449 e. The van der Waals surface area contributed by atoms with Crippen LogP contribution < -0.4 is 5.43 Å². The SMILES string of the molecule is Cn1c(C(F)(F)F)nc2c3oc(-c4ccc(C=O)cc4)cc(=O)c3ccc21. The van der Waals surface area contributed by atoms with Crippen LogP contribution in [0.4, 0.5) is 13.2 Å². The summed E-state index contributed by atoms with van der Waals surface area (Å²) in [6.45, 7) is 0. The molecule has 27 heavy (non-hydrogen) atoms. The summed E-state index contributed by atoms with van der Waals surface area (Å²) in [5.74, 6) is -0.898. The molecule has 0 aliphatic rings. The third-order valence-electron chi connectivity index (χ3n) is 4.33. The Morgan fingerprint density at radius 3 is 2.44 bits per heavy atom. The Labute approximate surface area is 149 Å². The lowest BCUT2D eigenvalue weighted by atomic mass is 10.1. The van der Waals surface area contributed by atoms with Gasteiger partial charge in [0.25, 0.3) is 0 Å². The number of carbonyl (C=O) groups excluding carboxylic acids is 1. The molecule has 0 unspecified atom stereocenters. The molecule has 0 radical (unpaired) electrons. The van der Waals surface area contributed by atoms with Gasteiger partial charge in [0, 0.05) is 24.2 Å². The van der Waals surface area contributed by atoms with Gasteiger partial charge in [-0.15, -0.1) is 0 Å². The van der Waals surface area contributed by atoms with Crippen molar-refractivity contribution < 1.29 is 22.4 Å². The molecule has 4 aromatic rings. The molecule has 8 heteroatoms. The zero-order valence-corrected chi connectivity index (χ0v) is 13.9. The summed E-state index contributed by atoms with van der Waals surface area (Å²) in [5, 5.41) is 0.141. The number of nitrogens with zero attached hydrogens (tertiary/aromatic N) is 2. The van der Waals surface area contributed by atoms with E-state index in [1.165, 1.54) is 25.2 Å². The fraction of sp³-hybridized carbons (Fsp3) is 0.105. The molecule has 2 heterocycles. The van der Waals surface area contributed by atoms with Crippen LogP contribution in [-0.4, -0.2) is 15.8 Å². The van der Waals surface area contributed by atoms with Crippen molar-refractivity contribution in [1.82, 2.24) is 9.55 Å². The van der Waals surface area contributed by atoms with E-state index in [1.54, 1.807) is 24.3 Å². The van der Waals surface area contributed by atoms with Gasteiger partial charge in [-0.1, -0.05) is 24.3 Å². The van der Waals surface area contributed by atoms with Crippen LogP contribution in [0.15, 0.2) is 51.7 Å². The molecule has 0 amide bonds. The van der Waals surface area contributed by atoms with Crippen LogP contribution in [0.3, 0.4) is 0 Å². The first-order valence-electron chi connectivity index (χ1n) is 7.85. The first-order valence-corrected chi connectivity index (χ1v) is 7.85. The molecule has 5 nitrogen and oxygen atoms in total. The minimum Gasteiger partial charge on any atom is -0.453 e. The summed E-state index contributed by atoms with van der Waals surface area (Å²) in [4.78, 5) is 26.9. The number of halogens is 3. The molecule has 0 aliphatic heterocycles. The molecule has 0 saturated carbocycles. The molecule has 0 saturated heterocycles. The highest BCUT2D eigenvalue weighted by atomic mass is 19.4. The minimum absolute atomic E-state index is 0.0134. The number of rotatable bonds is 2. The van der Waals surface area contributed by atoms with Gasteiger partial charge in [-0.05, 0) is 12.1 Å². The second-order valence-corrected chi connectivity index (χ2v) is 6.02. The molecule has 2 aromatic carbocycles. The summed E-state index contributed by atoms with van der Waals surface area (Å²) < 4.78 is 46.2. The van der Waals surface area contributed by atoms with Gasteiger partial charge in [-0.3, -0.25) is 9.59 Å². The van der Waals surface area contributed by atoms with E-state index >= 15 is 0 Å². The fourth-order valence-corrected chi connectivity index (χ4v) is 2.99. The molecule has 2 aromatic heterocycles. The van der Waals surface area contributed by atoms with Gasteiger partial charge in [-0.25, -0.2) is 4.98 Å². The van der Waals surface area contributed by atoms with Gasteiger partial charge in [0.15, 0.2) is 11.0 Å². The summed E-state index contributed by atoms with van der Waals surface area (Å²) >= 11 is 0. The molecule has 136 valence electrons. The predicted molar refractivity (Wildman–Crippen MR) is 92.6 cm³/mol. The van der Waals surface area contributed by atoms with Crippen molar-refractivity contribution in [3.05, 3.63) is 64.1 Å². The zero-order chi connectivity index (χ0) is 19.3. The lowest BCUT2D eigenvalue weighted by Gasteiger charge is -2.05. The number of fused-ring (bicyclic) bond motifs is 3. The number of aromatic nitrogens is 2. The van der Waals surface area contributed by atoms with Crippen LogP contribution >= 0.6 is 0 Å². The Bertz CT molecular complexity index is 1250. The number of carbonyl (C=O) groups is 1. The Hall–Kier alpha value is -3.42. The van der Waals surface area contributed by atoms with Gasteiger partial charge in [-0.2, -0.15) is 13.2 Å². The fourth-order valence-electron chi connectivity index (χ4n) is 2.99. The Kier molecular flexibility index (Phi) is 3.66. The maximum absolute atomic E-state index is 13.2. The van der Waals surface area contributed by atoms with Crippen molar-refractivity contribution in [3.8, 4) is 11.3 Å². The second-order valence-electron chi connectivity index (χ2n) is 6.02. The molecular weight excluding hydrogens is 361 g/mol. The van der Waals surface area contributed by atoms with Crippen LogP contribution in [0.2, 0.25) is 0 Å². The Balaban J connectivity index is 2.03. The standard InChI is InChI=1S/C19H11F3N2O3/c1-24-13-7-6-12-14(26)8-15(11-4-2-10(9-25)3-5-11)27-17(12)16(13)23-18(24)19(20,21)22/h2-9H,1H3. The monoisotopic (exact) mass is 372 g/mol. The van der Waals surface area contributed by atoms with E-state index in [0.717, 1.165) is 4.57 Å². The highest BCUT2D eigenvalue weighted by Gasteiger charge is 2.37. The van der Waals surface area contributed by atoms with Crippen LogP contribution in [0, 0.1) is 0 Å². The topological polar surface area (TPSA) is 65.1 Å². The first-order chi connectivity index (χ1) is 12.8. The minimum atomic E-state index is -4.64. The third kappa shape index (κ3) is 2.69. The smallest absolute Gasteiger partial charge is 0.449 e. The number of hydrogen-bond acceptors (Lipinski definition) is 4. The number of alkyl halides is 3.